The number of phenols is 1. The number of anilines is 2. The minimum Gasteiger partial charge on any atom is -0.504 e. The van der Waals surface area contributed by atoms with E-state index >= 15 is 0 Å². The highest BCUT2D eigenvalue weighted by molar-refractivity contribution is 5.73. The second-order valence-corrected chi connectivity index (χ2v) is 6.85. The third-order valence-corrected chi connectivity index (χ3v) is 4.90. The van der Waals surface area contributed by atoms with Crippen molar-refractivity contribution >= 4 is 22.8 Å². The Labute approximate surface area is 162 Å². The van der Waals surface area contributed by atoms with E-state index in [0.29, 0.717) is 23.8 Å². The topological polar surface area (TPSA) is 104 Å². The summed E-state index contributed by atoms with van der Waals surface area (Å²) >= 11 is 0. The molecule has 1 saturated heterocycles. The average Bonchev–Trinajstić information content (AvgIpc) is 2.72. The zero-order chi connectivity index (χ0) is 19.5. The van der Waals surface area contributed by atoms with E-state index < -0.39 is 0 Å². The van der Waals surface area contributed by atoms with Gasteiger partial charge in [0, 0.05) is 19.6 Å². The zero-order valence-corrected chi connectivity index (χ0v) is 15.7. The van der Waals surface area contributed by atoms with Crippen LogP contribution in [0.4, 0.5) is 11.6 Å². The van der Waals surface area contributed by atoms with Crippen molar-refractivity contribution in [1.29, 1.82) is 0 Å². The first-order valence-electron chi connectivity index (χ1n) is 9.29. The summed E-state index contributed by atoms with van der Waals surface area (Å²) < 4.78 is 5.06. The zero-order valence-electron chi connectivity index (χ0n) is 15.7. The highest BCUT2D eigenvalue weighted by atomic mass is 16.5. The first-order chi connectivity index (χ1) is 13.6. The molecule has 0 saturated carbocycles. The molecule has 2 aromatic heterocycles. The number of benzene rings is 1. The van der Waals surface area contributed by atoms with Gasteiger partial charge in [-0.3, -0.25) is 0 Å². The first-order valence-corrected chi connectivity index (χ1v) is 9.29. The van der Waals surface area contributed by atoms with Gasteiger partial charge in [0.2, 0.25) is 0 Å². The van der Waals surface area contributed by atoms with Crippen LogP contribution in [0.2, 0.25) is 0 Å². The van der Waals surface area contributed by atoms with Crippen LogP contribution in [0.5, 0.6) is 11.5 Å². The maximum absolute atomic E-state index is 9.89. The predicted molar refractivity (Wildman–Crippen MR) is 107 cm³/mol. The smallest absolute Gasteiger partial charge is 0.182 e. The molecule has 1 aliphatic rings. The monoisotopic (exact) mass is 381 g/mol. The number of aromatic nitrogens is 3. The summed E-state index contributed by atoms with van der Waals surface area (Å²) in [5.41, 5.74) is 2.20. The molecular weight excluding hydrogens is 358 g/mol. The quantitative estimate of drug-likeness (QED) is 0.619. The van der Waals surface area contributed by atoms with Gasteiger partial charge in [-0.25, -0.2) is 15.0 Å². The largest absolute Gasteiger partial charge is 0.504 e. The molecule has 146 valence electrons. The van der Waals surface area contributed by atoms with Crippen LogP contribution < -0.4 is 15.0 Å². The molecule has 4 rings (SSSR count). The Morgan fingerprint density at radius 1 is 1.18 bits per heavy atom. The molecule has 0 spiro atoms. The number of ether oxygens (including phenoxy) is 1. The molecule has 1 fully saturated rings. The van der Waals surface area contributed by atoms with E-state index in [4.69, 9.17) is 4.74 Å². The Morgan fingerprint density at radius 2 is 2.00 bits per heavy atom. The minimum absolute atomic E-state index is 0.101. The maximum atomic E-state index is 9.89. The number of aromatic hydroxyl groups is 1. The number of aliphatic hydroxyl groups is 1. The summed E-state index contributed by atoms with van der Waals surface area (Å²) in [6.07, 6.45) is 2.96. The van der Waals surface area contributed by atoms with Gasteiger partial charge in [0.15, 0.2) is 17.1 Å². The molecule has 28 heavy (non-hydrogen) atoms. The van der Waals surface area contributed by atoms with E-state index in [-0.39, 0.29) is 11.9 Å². The molecule has 1 aliphatic heterocycles. The van der Waals surface area contributed by atoms with E-state index in [1.165, 1.54) is 7.11 Å². The number of phenolic OH excluding ortho intramolecular Hbond substituents is 1. The van der Waals surface area contributed by atoms with E-state index in [9.17, 15) is 10.2 Å². The number of methoxy groups -OCH3 is 1. The fraction of sp³-hybridized carbons (Fsp3) is 0.350. The fourth-order valence-electron chi connectivity index (χ4n) is 3.28. The number of nitrogens with zero attached hydrogens (tertiary/aromatic N) is 4. The van der Waals surface area contributed by atoms with Gasteiger partial charge in [0.05, 0.1) is 19.4 Å². The molecule has 0 aliphatic carbocycles. The number of rotatable bonds is 5. The molecule has 0 amide bonds. The lowest BCUT2D eigenvalue weighted by Gasteiger charge is -2.30. The van der Waals surface area contributed by atoms with Crippen LogP contribution in [0.1, 0.15) is 18.4 Å². The first kappa shape index (κ1) is 18.2. The SMILES string of the molecule is COc1ccc(CNc2cnc3ccc(N4CCC(O)CC4)nc3n2)cc1O. The van der Waals surface area contributed by atoms with Crippen LogP contribution in [0.3, 0.4) is 0 Å². The molecule has 0 unspecified atom stereocenters. The van der Waals surface area contributed by atoms with Gasteiger partial charge in [-0.05, 0) is 42.7 Å². The summed E-state index contributed by atoms with van der Waals surface area (Å²) in [6.45, 7) is 2.06. The minimum atomic E-state index is -0.218. The summed E-state index contributed by atoms with van der Waals surface area (Å²) in [5, 5.41) is 22.8. The van der Waals surface area contributed by atoms with Crippen LogP contribution in [-0.4, -0.2) is 51.5 Å². The van der Waals surface area contributed by atoms with Crippen molar-refractivity contribution < 1.29 is 14.9 Å². The average molecular weight is 381 g/mol. The van der Waals surface area contributed by atoms with Crippen molar-refractivity contribution in [1.82, 2.24) is 15.0 Å². The number of fused-ring (bicyclic) bond motifs is 1. The van der Waals surface area contributed by atoms with Gasteiger partial charge < -0.3 is 25.2 Å². The van der Waals surface area contributed by atoms with Crippen LogP contribution in [0, 0.1) is 0 Å². The van der Waals surface area contributed by atoms with Gasteiger partial charge in [0.1, 0.15) is 17.2 Å². The summed E-state index contributed by atoms with van der Waals surface area (Å²) in [6, 6.07) is 9.12. The Morgan fingerprint density at radius 3 is 2.75 bits per heavy atom. The summed E-state index contributed by atoms with van der Waals surface area (Å²) in [5.74, 6) is 2.01. The molecule has 8 nitrogen and oxygen atoms in total. The Hall–Kier alpha value is -3.13. The fourth-order valence-corrected chi connectivity index (χ4v) is 3.28. The van der Waals surface area contributed by atoms with Gasteiger partial charge in [-0.15, -0.1) is 0 Å². The highest BCUT2D eigenvalue weighted by Crippen LogP contribution is 2.26. The van der Waals surface area contributed by atoms with Crippen LogP contribution in [-0.2, 0) is 6.54 Å². The van der Waals surface area contributed by atoms with Gasteiger partial charge in [-0.2, -0.15) is 0 Å². The van der Waals surface area contributed by atoms with Crippen molar-refractivity contribution in [3.8, 4) is 11.5 Å². The molecule has 0 atom stereocenters. The molecule has 3 N–H and O–H groups in total. The van der Waals surface area contributed by atoms with Gasteiger partial charge in [0.25, 0.3) is 0 Å². The van der Waals surface area contributed by atoms with Gasteiger partial charge >= 0.3 is 0 Å². The number of piperidine rings is 1. The lowest BCUT2D eigenvalue weighted by molar-refractivity contribution is 0.145. The third-order valence-electron chi connectivity index (χ3n) is 4.90. The lowest BCUT2D eigenvalue weighted by Crippen LogP contribution is -2.36. The number of nitrogens with one attached hydrogen (secondary N) is 1. The second kappa shape index (κ2) is 7.85. The van der Waals surface area contributed by atoms with Crippen molar-refractivity contribution in [3.63, 3.8) is 0 Å². The summed E-state index contributed by atoms with van der Waals surface area (Å²) in [7, 11) is 1.52. The number of hydrogen-bond acceptors (Lipinski definition) is 8. The Kier molecular flexibility index (Phi) is 5.12. The van der Waals surface area contributed by atoms with Crippen LogP contribution in [0.25, 0.3) is 11.2 Å². The van der Waals surface area contributed by atoms with Gasteiger partial charge in [-0.1, -0.05) is 6.07 Å². The van der Waals surface area contributed by atoms with Crippen molar-refractivity contribution in [2.24, 2.45) is 0 Å². The van der Waals surface area contributed by atoms with Crippen LogP contribution in [0.15, 0.2) is 36.5 Å². The maximum Gasteiger partial charge on any atom is 0.182 e. The lowest BCUT2D eigenvalue weighted by atomic mass is 10.1. The van der Waals surface area contributed by atoms with Crippen molar-refractivity contribution in [2.75, 3.05) is 30.4 Å². The summed E-state index contributed by atoms with van der Waals surface area (Å²) in [4.78, 5) is 15.8. The molecule has 1 aromatic carbocycles. The molecule has 0 radical (unpaired) electrons. The molecule has 3 aromatic rings. The number of hydrogen-bond donors (Lipinski definition) is 3. The molecule has 8 heteroatoms. The predicted octanol–water partition coefficient (Wildman–Crippen LogP) is 2.31. The van der Waals surface area contributed by atoms with Crippen molar-refractivity contribution in [3.05, 3.63) is 42.1 Å². The van der Waals surface area contributed by atoms with E-state index in [1.54, 1.807) is 18.3 Å². The molecule has 3 heterocycles. The number of pyridine rings is 1. The molecular formula is C20H23N5O3. The standard InChI is InChI=1S/C20H23N5O3/c1-28-17-4-2-13(10-16(17)27)11-22-18-12-21-15-3-5-19(24-20(15)23-18)25-8-6-14(26)7-9-25/h2-5,10,12,14,26-27H,6-9,11H2,1H3,(H,22,23,24). The van der Waals surface area contributed by atoms with E-state index in [0.717, 1.165) is 42.8 Å². The van der Waals surface area contributed by atoms with Crippen molar-refractivity contribution in [2.45, 2.75) is 25.5 Å². The second-order valence-electron chi connectivity index (χ2n) is 6.85. The Balaban J connectivity index is 1.49. The highest BCUT2D eigenvalue weighted by Gasteiger charge is 2.18. The Bertz CT molecular complexity index is 973. The van der Waals surface area contributed by atoms with E-state index in [1.807, 2.05) is 18.2 Å². The third kappa shape index (κ3) is 3.91. The van der Waals surface area contributed by atoms with E-state index in [2.05, 4.69) is 25.2 Å². The number of aliphatic hydroxyl groups excluding tert-OH is 1. The normalized spacial score (nSPS) is 15.0. The molecule has 0 bridgehead atoms. The van der Waals surface area contributed by atoms with Crippen LogP contribution >= 0.6 is 0 Å².